The molecule has 0 amide bonds. The van der Waals surface area contributed by atoms with E-state index < -0.39 is 0 Å². The highest BCUT2D eigenvalue weighted by atomic mass is 15.3. The lowest BCUT2D eigenvalue weighted by molar-refractivity contribution is 1.06. The quantitative estimate of drug-likeness (QED) is 0.695. The highest BCUT2D eigenvalue weighted by Crippen LogP contribution is 2.22. The molecule has 0 saturated carbocycles. The molecule has 3 aromatic rings. The summed E-state index contributed by atoms with van der Waals surface area (Å²) in [7, 11) is 0. The van der Waals surface area contributed by atoms with Crippen LogP contribution in [-0.4, -0.2) is 14.8 Å². The summed E-state index contributed by atoms with van der Waals surface area (Å²) in [4.78, 5) is 0. The van der Waals surface area contributed by atoms with Gasteiger partial charge >= 0.3 is 0 Å². The van der Waals surface area contributed by atoms with Crippen molar-refractivity contribution >= 4 is 0 Å². The Morgan fingerprint density at radius 2 is 1.68 bits per heavy atom. The number of para-hydroxylation sites is 1. The Hall–Kier alpha value is -2.42. The van der Waals surface area contributed by atoms with Gasteiger partial charge in [0.05, 0.1) is 0 Å². The van der Waals surface area contributed by atoms with Gasteiger partial charge in [-0.15, -0.1) is 10.2 Å². The van der Waals surface area contributed by atoms with E-state index in [4.69, 9.17) is 0 Å². The summed E-state index contributed by atoms with van der Waals surface area (Å²) in [5, 5.41) is 8.29. The minimum atomic E-state index is 0.870. The van der Waals surface area contributed by atoms with Crippen molar-refractivity contribution in [1.82, 2.24) is 14.8 Å². The first-order chi connectivity index (χ1) is 9.25. The van der Waals surface area contributed by atoms with Crippen LogP contribution in [0.2, 0.25) is 0 Å². The average molecular weight is 249 g/mol. The van der Waals surface area contributed by atoms with Crippen molar-refractivity contribution in [2.24, 2.45) is 0 Å². The Labute approximate surface area is 112 Å². The fraction of sp³-hybridized carbons (Fsp3) is 0.125. The minimum absolute atomic E-state index is 0.870. The van der Waals surface area contributed by atoms with Gasteiger partial charge in [-0.25, -0.2) is 0 Å². The molecule has 0 spiro atoms. The Kier molecular flexibility index (Phi) is 2.88. The predicted octanol–water partition coefficient (Wildman–Crippen LogP) is 3.55. The largest absolute Gasteiger partial charge is 0.282 e. The van der Waals surface area contributed by atoms with Crippen molar-refractivity contribution < 1.29 is 0 Å². The molecule has 1 heterocycles. The molecular weight excluding hydrogens is 234 g/mol. The van der Waals surface area contributed by atoms with Crippen LogP contribution in [0.3, 0.4) is 0 Å². The number of rotatable bonds is 2. The molecule has 0 radical (unpaired) electrons. The van der Waals surface area contributed by atoms with Crippen LogP contribution in [0, 0.1) is 13.8 Å². The Bertz CT molecular complexity index is 699. The molecule has 0 atom stereocenters. The summed E-state index contributed by atoms with van der Waals surface area (Å²) in [5.41, 5.74) is 4.71. The van der Waals surface area contributed by atoms with Crippen LogP contribution in [0.15, 0.2) is 54.9 Å². The van der Waals surface area contributed by atoms with Gasteiger partial charge in [0.25, 0.3) is 0 Å². The van der Waals surface area contributed by atoms with E-state index in [9.17, 15) is 0 Å². The monoisotopic (exact) mass is 249 g/mol. The standard InChI is InChI=1S/C16H15N3/c1-12-8-9-14(10-13(12)2)16-18-17-11-19(16)15-6-4-3-5-7-15/h3-11H,1-2H3. The second kappa shape index (κ2) is 4.69. The van der Waals surface area contributed by atoms with Crippen LogP contribution in [0.5, 0.6) is 0 Å². The number of aromatic nitrogens is 3. The number of hydrogen-bond acceptors (Lipinski definition) is 2. The lowest BCUT2D eigenvalue weighted by Gasteiger charge is -2.08. The normalized spacial score (nSPS) is 10.6. The van der Waals surface area contributed by atoms with Crippen molar-refractivity contribution in [2.75, 3.05) is 0 Å². The number of hydrogen-bond donors (Lipinski definition) is 0. The molecule has 94 valence electrons. The van der Waals surface area contributed by atoms with Crippen LogP contribution in [-0.2, 0) is 0 Å². The van der Waals surface area contributed by atoms with Crippen LogP contribution in [0.1, 0.15) is 11.1 Å². The predicted molar refractivity (Wildman–Crippen MR) is 76.3 cm³/mol. The highest BCUT2D eigenvalue weighted by molar-refractivity contribution is 5.59. The average Bonchev–Trinajstić information content (AvgIpc) is 2.92. The first kappa shape index (κ1) is 11.7. The second-order valence-electron chi connectivity index (χ2n) is 4.66. The summed E-state index contributed by atoms with van der Waals surface area (Å²) in [6.07, 6.45) is 1.75. The highest BCUT2D eigenvalue weighted by Gasteiger charge is 2.09. The van der Waals surface area contributed by atoms with E-state index in [2.05, 4.69) is 42.2 Å². The third kappa shape index (κ3) is 2.15. The topological polar surface area (TPSA) is 30.7 Å². The second-order valence-corrected chi connectivity index (χ2v) is 4.66. The van der Waals surface area contributed by atoms with Crippen molar-refractivity contribution in [3.05, 3.63) is 66.0 Å². The molecule has 0 fully saturated rings. The van der Waals surface area contributed by atoms with Gasteiger partial charge in [-0.1, -0.05) is 30.3 Å². The summed E-state index contributed by atoms with van der Waals surface area (Å²) in [6, 6.07) is 16.5. The van der Waals surface area contributed by atoms with Gasteiger partial charge in [-0.2, -0.15) is 0 Å². The molecular formula is C16H15N3. The fourth-order valence-electron chi connectivity index (χ4n) is 2.09. The third-order valence-electron chi connectivity index (χ3n) is 3.35. The smallest absolute Gasteiger partial charge is 0.168 e. The zero-order chi connectivity index (χ0) is 13.2. The molecule has 0 aliphatic rings. The molecule has 2 aromatic carbocycles. The van der Waals surface area contributed by atoms with E-state index in [0.29, 0.717) is 0 Å². The summed E-state index contributed by atoms with van der Waals surface area (Å²) < 4.78 is 2.00. The van der Waals surface area contributed by atoms with E-state index in [-0.39, 0.29) is 0 Å². The molecule has 0 unspecified atom stereocenters. The van der Waals surface area contributed by atoms with Gasteiger partial charge in [0.1, 0.15) is 6.33 Å². The lowest BCUT2D eigenvalue weighted by atomic mass is 10.1. The molecule has 0 saturated heterocycles. The van der Waals surface area contributed by atoms with E-state index in [1.54, 1.807) is 6.33 Å². The van der Waals surface area contributed by atoms with Gasteiger partial charge in [0.15, 0.2) is 5.82 Å². The van der Waals surface area contributed by atoms with E-state index in [0.717, 1.165) is 17.1 Å². The van der Waals surface area contributed by atoms with Crippen molar-refractivity contribution in [3.63, 3.8) is 0 Å². The van der Waals surface area contributed by atoms with Crippen LogP contribution < -0.4 is 0 Å². The van der Waals surface area contributed by atoms with Gasteiger partial charge in [-0.3, -0.25) is 4.57 Å². The Balaban J connectivity index is 2.12. The summed E-state index contributed by atoms with van der Waals surface area (Å²) >= 11 is 0. The zero-order valence-electron chi connectivity index (χ0n) is 11.0. The van der Waals surface area contributed by atoms with Crippen LogP contribution in [0.4, 0.5) is 0 Å². The molecule has 0 aliphatic heterocycles. The molecule has 0 aliphatic carbocycles. The third-order valence-corrected chi connectivity index (χ3v) is 3.35. The number of aryl methyl sites for hydroxylation is 2. The molecule has 3 rings (SSSR count). The van der Waals surface area contributed by atoms with Crippen molar-refractivity contribution in [2.45, 2.75) is 13.8 Å². The van der Waals surface area contributed by atoms with Crippen LogP contribution in [0.25, 0.3) is 17.1 Å². The van der Waals surface area contributed by atoms with Gasteiger partial charge < -0.3 is 0 Å². The lowest BCUT2D eigenvalue weighted by Crippen LogP contribution is -1.96. The molecule has 0 N–H and O–H groups in total. The fourth-order valence-corrected chi connectivity index (χ4v) is 2.09. The molecule has 1 aromatic heterocycles. The number of benzene rings is 2. The van der Waals surface area contributed by atoms with E-state index >= 15 is 0 Å². The minimum Gasteiger partial charge on any atom is -0.282 e. The molecule has 3 nitrogen and oxygen atoms in total. The van der Waals surface area contributed by atoms with E-state index in [1.807, 2.05) is 34.9 Å². The van der Waals surface area contributed by atoms with Crippen molar-refractivity contribution in [3.8, 4) is 17.1 Å². The van der Waals surface area contributed by atoms with Crippen molar-refractivity contribution in [1.29, 1.82) is 0 Å². The zero-order valence-corrected chi connectivity index (χ0v) is 11.0. The number of nitrogens with zero attached hydrogens (tertiary/aromatic N) is 3. The SMILES string of the molecule is Cc1ccc(-c2nncn2-c2ccccc2)cc1C. The Morgan fingerprint density at radius 1 is 0.895 bits per heavy atom. The van der Waals surface area contributed by atoms with E-state index in [1.165, 1.54) is 11.1 Å². The maximum atomic E-state index is 4.25. The first-order valence-corrected chi connectivity index (χ1v) is 6.29. The first-order valence-electron chi connectivity index (χ1n) is 6.29. The summed E-state index contributed by atoms with van der Waals surface area (Å²) in [5.74, 6) is 0.870. The molecule has 3 heteroatoms. The van der Waals surface area contributed by atoms with Crippen LogP contribution >= 0.6 is 0 Å². The van der Waals surface area contributed by atoms with Gasteiger partial charge in [-0.05, 0) is 43.2 Å². The Morgan fingerprint density at radius 3 is 2.42 bits per heavy atom. The maximum Gasteiger partial charge on any atom is 0.168 e. The van der Waals surface area contributed by atoms with Gasteiger partial charge in [0.2, 0.25) is 0 Å². The summed E-state index contributed by atoms with van der Waals surface area (Å²) in [6.45, 7) is 4.23. The maximum absolute atomic E-state index is 4.25. The molecule has 19 heavy (non-hydrogen) atoms. The molecule has 0 bridgehead atoms. The van der Waals surface area contributed by atoms with Gasteiger partial charge in [0, 0.05) is 11.3 Å².